The van der Waals surface area contributed by atoms with Gasteiger partial charge in [-0.3, -0.25) is 4.90 Å². The highest BCUT2D eigenvalue weighted by Crippen LogP contribution is 2.28. The summed E-state index contributed by atoms with van der Waals surface area (Å²) in [6.07, 6.45) is 2.23. The zero-order valence-electron chi connectivity index (χ0n) is 14.2. The standard InChI is InChI=1S/C18H24N2O3S/c1-14-7-8-18(23-14)17-6-4-3-5-16(17)13-20-10-9-15(12-20)11-19-24(2,21)22/h3-8,15,19H,9-13H2,1-2H3/t15-/m0/s1. The number of hydrogen-bond donors (Lipinski definition) is 1. The molecule has 2 heterocycles. The molecule has 3 rings (SSSR count). The van der Waals surface area contributed by atoms with Crippen LogP contribution in [0, 0.1) is 12.8 Å². The first kappa shape index (κ1) is 17.2. The maximum Gasteiger partial charge on any atom is 0.208 e. The van der Waals surface area contributed by atoms with Crippen molar-refractivity contribution >= 4 is 10.0 Å². The molecule has 1 atom stereocenters. The van der Waals surface area contributed by atoms with Crippen LogP contribution in [0.5, 0.6) is 0 Å². The van der Waals surface area contributed by atoms with Crippen LogP contribution in [0.25, 0.3) is 11.3 Å². The highest BCUT2D eigenvalue weighted by atomic mass is 32.2. The van der Waals surface area contributed by atoms with Crippen LogP contribution in [0.4, 0.5) is 0 Å². The van der Waals surface area contributed by atoms with E-state index in [9.17, 15) is 8.42 Å². The van der Waals surface area contributed by atoms with Gasteiger partial charge in [-0.15, -0.1) is 0 Å². The van der Waals surface area contributed by atoms with Crippen molar-refractivity contribution in [2.24, 2.45) is 5.92 Å². The number of benzene rings is 1. The van der Waals surface area contributed by atoms with E-state index in [1.807, 2.05) is 31.2 Å². The lowest BCUT2D eigenvalue weighted by Gasteiger charge is -2.18. The lowest BCUT2D eigenvalue weighted by molar-refractivity contribution is 0.317. The average Bonchev–Trinajstić information content (AvgIpc) is 3.14. The number of sulfonamides is 1. The van der Waals surface area contributed by atoms with E-state index in [2.05, 4.69) is 21.8 Å². The van der Waals surface area contributed by atoms with Crippen molar-refractivity contribution in [1.29, 1.82) is 0 Å². The van der Waals surface area contributed by atoms with Gasteiger partial charge in [-0.1, -0.05) is 24.3 Å². The van der Waals surface area contributed by atoms with Crippen LogP contribution >= 0.6 is 0 Å². The van der Waals surface area contributed by atoms with Gasteiger partial charge in [0.25, 0.3) is 0 Å². The predicted octanol–water partition coefficient (Wildman–Crippen LogP) is 2.63. The van der Waals surface area contributed by atoms with Crippen LogP contribution in [0.2, 0.25) is 0 Å². The monoisotopic (exact) mass is 348 g/mol. The molecular weight excluding hydrogens is 324 g/mol. The van der Waals surface area contributed by atoms with E-state index in [0.717, 1.165) is 43.1 Å². The summed E-state index contributed by atoms with van der Waals surface area (Å²) < 4.78 is 30.9. The number of furan rings is 1. The summed E-state index contributed by atoms with van der Waals surface area (Å²) in [5.74, 6) is 2.18. The minimum atomic E-state index is -3.11. The molecule has 0 aliphatic carbocycles. The summed E-state index contributed by atoms with van der Waals surface area (Å²) in [4.78, 5) is 2.38. The first-order chi connectivity index (χ1) is 11.4. The van der Waals surface area contributed by atoms with Gasteiger partial charge in [0.05, 0.1) is 6.26 Å². The molecule has 0 amide bonds. The van der Waals surface area contributed by atoms with Crippen LogP contribution in [-0.4, -0.2) is 39.2 Å². The third kappa shape index (κ3) is 4.47. The molecular formula is C18H24N2O3S. The molecule has 1 aliphatic heterocycles. The van der Waals surface area contributed by atoms with E-state index < -0.39 is 10.0 Å². The van der Waals surface area contributed by atoms with Crippen molar-refractivity contribution < 1.29 is 12.8 Å². The minimum absolute atomic E-state index is 0.373. The van der Waals surface area contributed by atoms with Crippen molar-refractivity contribution in [2.75, 3.05) is 25.9 Å². The lowest BCUT2D eigenvalue weighted by atomic mass is 10.0. The van der Waals surface area contributed by atoms with Gasteiger partial charge >= 0.3 is 0 Å². The summed E-state index contributed by atoms with van der Waals surface area (Å²) >= 11 is 0. The van der Waals surface area contributed by atoms with Crippen molar-refractivity contribution in [1.82, 2.24) is 9.62 Å². The third-order valence-corrected chi connectivity index (χ3v) is 5.11. The minimum Gasteiger partial charge on any atom is -0.461 e. The molecule has 1 aliphatic rings. The van der Waals surface area contributed by atoms with Crippen LogP contribution < -0.4 is 4.72 Å². The Morgan fingerprint density at radius 2 is 2.04 bits per heavy atom. The van der Waals surface area contributed by atoms with Gasteiger partial charge in [0.15, 0.2) is 0 Å². The second-order valence-corrected chi connectivity index (χ2v) is 8.41. The molecule has 24 heavy (non-hydrogen) atoms. The number of nitrogens with zero attached hydrogens (tertiary/aromatic N) is 1. The Hall–Kier alpha value is -1.63. The molecule has 0 unspecified atom stereocenters. The van der Waals surface area contributed by atoms with E-state index in [1.54, 1.807) is 0 Å². The van der Waals surface area contributed by atoms with E-state index >= 15 is 0 Å². The SMILES string of the molecule is Cc1ccc(-c2ccccc2CN2CC[C@@H](CNS(C)(=O)=O)C2)o1. The topological polar surface area (TPSA) is 62.6 Å². The van der Waals surface area contributed by atoms with E-state index in [1.165, 1.54) is 11.8 Å². The zero-order valence-corrected chi connectivity index (χ0v) is 15.0. The van der Waals surface area contributed by atoms with Crippen molar-refractivity contribution in [3.05, 3.63) is 47.7 Å². The molecule has 5 nitrogen and oxygen atoms in total. The van der Waals surface area contributed by atoms with Gasteiger partial charge in [0.2, 0.25) is 10.0 Å². The summed E-state index contributed by atoms with van der Waals surface area (Å²) in [7, 11) is -3.11. The Labute approximate surface area is 143 Å². The molecule has 0 radical (unpaired) electrons. The molecule has 1 aromatic carbocycles. The maximum atomic E-state index is 11.2. The molecule has 1 saturated heterocycles. The van der Waals surface area contributed by atoms with Gasteiger partial charge in [-0.05, 0) is 43.5 Å². The second-order valence-electron chi connectivity index (χ2n) is 6.58. The largest absolute Gasteiger partial charge is 0.461 e. The van der Waals surface area contributed by atoms with Crippen molar-refractivity contribution in [3.63, 3.8) is 0 Å². The van der Waals surface area contributed by atoms with E-state index in [0.29, 0.717) is 12.5 Å². The van der Waals surface area contributed by atoms with E-state index in [-0.39, 0.29) is 0 Å². The van der Waals surface area contributed by atoms with Gasteiger partial charge in [0, 0.05) is 25.2 Å². The maximum absolute atomic E-state index is 11.2. The summed E-state index contributed by atoms with van der Waals surface area (Å²) in [5.41, 5.74) is 2.37. The molecule has 6 heteroatoms. The fourth-order valence-electron chi connectivity index (χ4n) is 3.21. The van der Waals surface area contributed by atoms with Gasteiger partial charge in [-0.25, -0.2) is 13.1 Å². The molecule has 1 aromatic heterocycles. The molecule has 1 N–H and O–H groups in total. The fourth-order valence-corrected chi connectivity index (χ4v) is 3.75. The zero-order chi connectivity index (χ0) is 17.2. The highest BCUT2D eigenvalue weighted by molar-refractivity contribution is 7.88. The lowest BCUT2D eigenvalue weighted by Crippen LogP contribution is -2.30. The number of rotatable bonds is 6. The molecule has 0 saturated carbocycles. The normalized spacial score (nSPS) is 19.0. The molecule has 2 aromatic rings. The second kappa shape index (κ2) is 7.09. The number of nitrogens with one attached hydrogen (secondary N) is 1. The van der Waals surface area contributed by atoms with Crippen molar-refractivity contribution in [2.45, 2.75) is 19.9 Å². The van der Waals surface area contributed by atoms with Gasteiger partial charge < -0.3 is 4.42 Å². The fraction of sp³-hybridized carbons (Fsp3) is 0.444. The highest BCUT2D eigenvalue weighted by Gasteiger charge is 2.24. The Kier molecular flexibility index (Phi) is 5.08. The number of aryl methyl sites for hydroxylation is 1. The van der Waals surface area contributed by atoms with Crippen molar-refractivity contribution in [3.8, 4) is 11.3 Å². The molecule has 0 bridgehead atoms. The average molecular weight is 348 g/mol. The Balaban J connectivity index is 1.65. The third-order valence-electron chi connectivity index (χ3n) is 4.42. The quantitative estimate of drug-likeness (QED) is 0.872. The smallest absolute Gasteiger partial charge is 0.208 e. The van der Waals surface area contributed by atoms with E-state index in [4.69, 9.17) is 4.42 Å². The van der Waals surface area contributed by atoms with Gasteiger partial charge in [0.1, 0.15) is 11.5 Å². The molecule has 1 fully saturated rings. The number of hydrogen-bond acceptors (Lipinski definition) is 4. The Bertz CT molecular complexity index is 798. The number of likely N-dealkylation sites (tertiary alicyclic amines) is 1. The first-order valence-corrected chi connectivity index (χ1v) is 10.1. The molecule has 0 spiro atoms. The Morgan fingerprint density at radius 1 is 1.25 bits per heavy atom. The van der Waals surface area contributed by atoms with Crippen LogP contribution in [0.1, 0.15) is 17.7 Å². The van der Waals surface area contributed by atoms with Gasteiger partial charge in [-0.2, -0.15) is 0 Å². The summed E-state index contributed by atoms with van der Waals surface area (Å²) in [6, 6.07) is 12.3. The Morgan fingerprint density at radius 3 is 2.75 bits per heavy atom. The van der Waals surface area contributed by atoms with Crippen LogP contribution in [0.3, 0.4) is 0 Å². The predicted molar refractivity (Wildman–Crippen MR) is 95.1 cm³/mol. The summed E-state index contributed by atoms with van der Waals surface area (Å²) in [5, 5.41) is 0. The molecule has 130 valence electrons. The first-order valence-electron chi connectivity index (χ1n) is 8.22. The van der Waals surface area contributed by atoms with Crippen LogP contribution in [-0.2, 0) is 16.6 Å². The van der Waals surface area contributed by atoms with Crippen LogP contribution in [0.15, 0.2) is 40.8 Å². The summed E-state index contributed by atoms with van der Waals surface area (Å²) in [6.45, 7) is 5.22.